The van der Waals surface area contributed by atoms with Gasteiger partial charge in [-0.1, -0.05) is 48.5 Å². The van der Waals surface area contributed by atoms with Crippen molar-refractivity contribution in [2.24, 2.45) is 0 Å². The van der Waals surface area contributed by atoms with E-state index >= 15 is 0 Å². The molecule has 3 nitrogen and oxygen atoms in total. The molecular weight excluding hydrogens is 320 g/mol. The first-order valence-electron chi connectivity index (χ1n) is 9.20. The van der Waals surface area contributed by atoms with Crippen LogP contribution < -0.4 is 0 Å². The second kappa shape index (κ2) is 8.80. The standard InChI is InChI=1S/C23H26N2O/c1-25(2)17-20(26-15-7-14-24)16-23-21-10-5-3-8-18(21)12-13-19-9-4-6-11-22(19)23/h3-6,8-11,16,20H,7,12-13,15,17H2,1-2H3. The zero-order valence-corrected chi connectivity index (χ0v) is 15.6. The van der Waals surface area contributed by atoms with Gasteiger partial charge < -0.3 is 9.64 Å². The van der Waals surface area contributed by atoms with Crippen LogP contribution in [0.4, 0.5) is 0 Å². The maximum Gasteiger partial charge on any atom is 0.0892 e. The van der Waals surface area contributed by atoms with E-state index in [2.05, 4.69) is 65.6 Å². The van der Waals surface area contributed by atoms with Crippen LogP contribution in [0.5, 0.6) is 0 Å². The van der Waals surface area contributed by atoms with Crippen molar-refractivity contribution in [3.05, 3.63) is 76.9 Å². The minimum atomic E-state index is -0.0486. The number of ether oxygens (including phenoxy) is 1. The summed E-state index contributed by atoms with van der Waals surface area (Å²) < 4.78 is 6.03. The van der Waals surface area contributed by atoms with Crippen molar-refractivity contribution < 1.29 is 4.74 Å². The average molecular weight is 346 g/mol. The molecule has 0 bridgehead atoms. The van der Waals surface area contributed by atoms with E-state index in [1.54, 1.807) is 0 Å². The number of fused-ring (bicyclic) bond motifs is 2. The third-order valence-electron chi connectivity index (χ3n) is 4.72. The first kappa shape index (κ1) is 18.4. The lowest BCUT2D eigenvalue weighted by Gasteiger charge is -2.21. The molecule has 134 valence electrons. The Morgan fingerprint density at radius 1 is 1.04 bits per heavy atom. The quantitative estimate of drug-likeness (QED) is 0.740. The molecule has 0 aromatic heterocycles. The fourth-order valence-electron chi connectivity index (χ4n) is 3.55. The largest absolute Gasteiger partial charge is 0.372 e. The molecule has 2 aromatic carbocycles. The van der Waals surface area contributed by atoms with Gasteiger partial charge in [-0.3, -0.25) is 0 Å². The van der Waals surface area contributed by atoms with E-state index in [1.807, 2.05) is 14.1 Å². The van der Waals surface area contributed by atoms with Gasteiger partial charge in [0, 0.05) is 6.54 Å². The van der Waals surface area contributed by atoms with Gasteiger partial charge in [0.25, 0.3) is 0 Å². The van der Waals surface area contributed by atoms with Crippen LogP contribution in [0.25, 0.3) is 5.57 Å². The molecule has 0 N–H and O–H groups in total. The predicted octanol–water partition coefficient (Wildman–Crippen LogP) is 4.08. The van der Waals surface area contributed by atoms with Crippen LogP contribution in [0.1, 0.15) is 28.7 Å². The molecule has 0 fully saturated rings. The number of likely N-dealkylation sites (N-methyl/N-ethyl adjacent to an activating group) is 1. The average Bonchev–Trinajstić information content (AvgIpc) is 2.79. The Balaban J connectivity index is 2.05. The minimum Gasteiger partial charge on any atom is -0.372 e. The molecule has 1 aliphatic rings. The fraction of sp³-hybridized carbons (Fsp3) is 0.348. The molecule has 0 aliphatic heterocycles. The van der Waals surface area contributed by atoms with Gasteiger partial charge in [-0.2, -0.15) is 5.26 Å². The Hall–Kier alpha value is -2.41. The number of benzene rings is 2. The summed E-state index contributed by atoms with van der Waals surface area (Å²) in [5, 5.41) is 8.82. The molecule has 26 heavy (non-hydrogen) atoms. The molecule has 0 spiro atoms. The van der Waals surface area contributed by atoms with E-state index in [0.29, 0.717) is 13.0 Å². The monoisotopic (exact) mass is 346 g/mol. The zero-order valence-electron chi connectivity index (χ0n) is 15.6. The molecular formula is C23H26N2O. The SMILES string of the molecule is CN(C)CC(C=C1c2ccccc2CCc2ccccc21)OCCC#N. The van der Waals surface area contributed by atoms with Crippen molar-refractivity contribution in [3.63, 3.8) is 0 Å². The van der Waals surface area contributed by atoms with Crippen LogP contribution in [0.2, 0.25) is 0 Å². The van der Waals surface area contributed by atoms with Gasteiger partial charge >= 0.3 is 0 Å². The topological polar surface area (TPSA) is 36.3 Å². The number of nitrogens with zero attached hydrogens (tertiary/aromatic N) is 2. The number of hydrogen-bond acceptors (Lipinski definition) is 3. The summed E-state index contributed by atoms with van der Waals surface area (Å²) in [5.74, 6) is 0. The Morgan fingerprint density at radius 3 is 2.15 bits per heavy atom. The van der Waals surface area contributed by atoms with Crippen molar-refractivity contribution in [1.29, 1.82) is 5.26 Å². The molecule has 0 heterocycles. The number of rotatable bonds is 6. The van der Waals surface area contributed by atoms with Crippen molar-refractivity contribution >= 4 is 5.57 Å². The van der Waals surface area contributed by atoms with Crippen LogP contribution in [-0.4, -0.2) is 38.3 Å². The van der Waals surface area contributed by atoms with Gasteiger partial charge in [-0.05, 0) is 60.8 Å². The second-order valence-corrected chi connectivity index (χ2v) is 6.97. The van der Waals surface area contributed by atoms with E-state index in [0.717, 1.165) is 19.4 Å². The molecule has 3 rings (SSSR count). The Kier molecular flexibility index (Phi) is 6.22. The van der Waals surface area contributed by atoms with Crippen LogP contribution >= 0.6 is 0 Å². The van der Waals surface area contributed by atoms with Crippen molar-refractivity contribution in [2.75, 3.05) is 27.2 Å². The van der Waals surface area contributed by atoms with E-state index in [1.165, 1.54) is 27.8 Å². The van der Waals surface area contributed by atoms with E-state index in [4.69, 9.17) is 10.00 Å². The van der Waals surface area contributed by atoms with Crippen LogP contribution in [0.3, 0.4) is 0 Å². The molecule has 1 unspecified atom stereocenters. The second-order valence-electron chi connectivity index (χ2n) is 6.97. The van der Waals surface area contributed by atoms with Crippen molar-refractivity contribution in [3.8, 4) is 6.07 Å². The van der Waals surface area contributed by atoms with Gasteiger partial charge in [-0.25, -0.2) is 0 Å². The Morgan fingerprint density at radius 2 is 1.62 bits per heavy atom. The molecule has 1 aliphatic carbocycles. The summed E-state index contributed by atoms with van der Waals surface area (Å²) in [6, 6.07) is 19.5. The molecule has 0 saturated carbocycles. The van der Waals surface area contributed by atoms with E-state index in [-0.39, 0.29) is 6.10 Å². The van der Waals surface area contributed by atoms with E-state index in [9.17, 15) is 0 Å². The summed E-state index contributed by atoms with van der Waals surface area (Å²) >= 11 is 0. The van der Waals surface area contributed by atoms with Crippen molar-refractivity contribution in [2.45, 2.75) is 25.4 Å². The van der Waals surface area contributed by atoms with E-state index < -0.39 is 0 Å². The molecule has 0 saturated heterocycles. The highest BCUT2D eigenvalue weighted by Gasteiger charge is 2.19. The number of aryl methyl sites for hydroxylation is 2. The summed E-state index contributed by atoms with van der Waals surface area (Å²) in [4.78, 5) is 2.13. The number of hydrogen-bond donors (Lipinski definition) is 0. The fourth-order valence-corrected chi connectivity index (χ4v) is 3.55. The van der Waals surface area contributed by atoms with Crippen LogP contribution in [0, 0.1) is 11.3 Å². The van der Waals surface area contributed by atoms with Gasteiger partial charge in [0.1, 0.15) is 0 Å². The van der Waals surface area contributed by atoms with Crippen molar-refractivity contribution in [1.82, 2.24) is 4.90 Å². The number of nitriles is 1. The lowest BCUT2D eigenvalue weighted by molar-refractivity contribution is 0.0710. The lowest BCUT2D eigenvalue weighted by atomic mass is 9.93. The highest BCUT2D eigenvalue weighted by atomic mass is 16.5. The van der Waals surface area contributed by atoms with Crippen LogP contribution in [0.15, 0.2) is 54.6 Å². The minimum absolute atomic E-state index is 0.0486. The zero-order chi connectivity index (χ0) is 18.4. The molecule has 0 amide bonds. The predicted molar refractivity (Wildman–Crippen MR) is 106 cm³/mol. The first-order chi connectivity index (χ1) is 12.7. The summed E-state index contributed by atoms with van der Waals surface area (Å²) in [7, 11) is 4.10. The maximum atomic E-state index is 8.82. The Labute approximate surface area is 156 Å². The molecule has 0 radical (unpaired) electrons. The first-order valence-corrected chi connectivity index (χ1v) is 9.20. The van der Waals surface area contributed by atoms with Crippen LogP contribution in [-0.2, 0) is 17.6 Å². The summed E-state index contributed by atoms with van der Waals surface area (Å²) in [5.41, 5.74) is 6.61. The summed E-state index contributed by atoms with van der Waals surface area (Å²) in [6.45, 7) is 1.25. The third kappa shape index (κ3) is 4.40. The molecule has 1 atom stereocenters. The highest BCUT2D eigenvalue weighted by molar-refractivity contribution is 5.84. The van der Waals surface area contributed by atoms with Gasteiger partial charge in [0.2, 0.25) is 0 Å². The van der Waals surface area contributed by atoms with Gasteiger partial charge in [0.15, 0.2) is 0 Å². The Bertz CT molecular complexity index is 767. The maximum absolute atomic E-state index is 8.82. The third-order valence-corrected chi connectivity index (χ3v) is 4.72. The smallest absolute Gasteiger partial charge is 0.0892 e. The normalized spacial score (nSPS) is 14.2. The van der Waals surface area contributed by atoms with Gasteiger partial charge in [0.05, 0.1) is 25.2 Å². The lowest BCUT2D eigenvalue weighted by Crippen LogP contribution is -2.27. The molecule has 2 aromatic rings. The highest BCUT2D eigenvalue weighted by Crippen LogP contribution is 2.34. The molecule has 3 heteroatoms. The van der Waals surface area contributed by atoms with Gasteiger partial charge in [-0.15, -0.1) is 0 Å². The summed E-state index contributed by atoms with van der Waals surface area (Å²) in [6.07, 6.45) is 4.73.